The molecule has 0 unspecified atom stereocenters. The molecule has 1 rings (SSSR count). The molecule has 0 aromatic rings. The van der Waals surface area contributed by atoms with Gasteiger partial charge in [0, 0.05) is 19.5 Å². The number of thioether (sulfide) groups is 1. The van der Waals surface area contributed by atoms with E-state index in [9.17, 15) is 4.79 Å². The molecule has 0 aliphatic heterocycles. The van der Waals surface area contributed by atoms with Crippen LogP contribution in [0.5, 0.6) is 0 Å². The molecule has 2 atom stereocenters. The lowest BCUT2D eigenvalue weighted by Crippen LogP contribution is -2.32. The molecule has 1 amide bonds. The molecule has 2 nitrogen and oxygen atoms in total. The highest BCUT2D eigenvalue weighted by Gasteiger charge is 2.66. The van der Waals surface area contributed by atoms with Crippen molar-refractivity contribution in [3.05, 3.63) is 11.0 Å². The van der Waals surface area contributed by atoms with Gasteiger partial charge in [-0.25, -0.2) is 0 Å². The lowest BCUT2D eigenvalue weighted by atomic mass is 9.89. The summed E-state index contributed by atoms with van der Waals surface area (Å²) in [5.74, 6) is 0.249. The first kappa shape index (κ1) is 12.6. The Hall–Kier alpha value is -0.440. The molecule has 1 aliphatic carbocycles. The Morgan fingerprint density at radius 1 is 1.33 bits per heavy atom. The molecule has 1 fully saturated rings. The van der Waals surface area contributed by atoms with Crippen LogP contribution in [0.15, 0.2) is 11.0 Å². The molecule has 0 heterocycles. The van der Waals surface area contributed by atoms with Crippen molar-refractivity contribution in [2.45, 2.75) is 27.2 Å². The first-order chi connectivity index (χ1) is 6.79. The van der Waals surface area contributed by atoms with Crippen LogP contribution in [-0.2, 0) is 4.79 Å². The second-order valence-corrected chi connectivity index (χ2v) is 5.78. The summed E-state index contributed by atoms with van der Waals surface area (Å²) < 4.78 is 0. The first-order valence-electron chi connectivity index (χ1n) is 5.21. The fourth-order valence-electron chi connectivity index (χ4n) is 2.35. The van der Waals surface area contributed by atoms with Crippen LogP contribution in [0.2, 0.25) is 0 Å². The summed E-state index contributed by atoms with van der Waals surface area (Å²) >= 11 is 1.71. The zero-order valence-corrected chi connectivity index (χ0v) is 11.4. The average Bonchev–Trinajstić information content (AvgIpc) is 2.71. The molecular formula is C12H21NOS. The maximum Gasteiger partial charge on any atom is 0.228 e. The molecule has 86 valence electrons. The van der Waals surface area contributed by atoms with Gasteiger partial charge in [0.1, 0.15) is 0 Å². The van der Waals surface area contributed by atoms with Gasteiger partial charge in [-0.15, -0.1) is 11.8 Å². The molecule has 3 heteroatoms. The number of amides is 1. The summed E-state index contributed by atoms with van der Waals surface area (Å²) in [4.78, 5) is 13.7. The number of nitrogens with zero attached hydrogens (tertiary/aromatic N) is 1. The van der Waals surface area contributed by atoms with Crippen LogP contribution in [0, 0.1) is 10.8 Å². The topological polar surface area (TPSA) is 20.3 Å². The molecule has 0 aromatic carbocycles. The number of carbonyl (C=O) groups excluding carboxylic acids is 1. The SMILES string of the molecule is CS/C=C(/C)[C@]1(C)C[C@@]1(C)C(=O)N(C)C. The third-order valence-corrected chi connectivity index (χ3v) is 4.43. The van der Waals surface area contributed by atoms with Crippen molar-refractivity contribution in [1.29, 1.82) is 0 Å². The van der Waals surface area contributed by atoms with Gasteiger partial charge < -0.3 is 4.90 Å². The predicted molar refractivity (Wildman–Crippen MR) is 66.8 cm³/mol. The fraction of sp³-hybridized carbons (Fsp3) is 0.750. The Morgan fingerprint density at radius 2 is 1.87 bits per heavy atom. The van der Waals surface area contributed by atoms with E-state index in [4.69, 9.17) is 0 Å². The van der Waals surface area contributed by atoms with Crippen molar-refractivity contribution >= 4 is 17.7 Å². The molecule has 1 aliphatic rings. The number of hydrogen-bond donors (Lipinski definition) is 0. The monoisotopic (exact) mass is 227 g/mol. The van der Waals surface area contributed by atoms with Gasteiger partial charge in [0.15, 0.2) is 0 Å². The van der Waals surface area contributed by atoms with Crippen LogP contribution in [0.3, 0.4) is 0 Å². The van der Waals surface area contributed by atoms with E-state index in [1.807, 2.05) is 14.1 Å². The van der Waals surface area contributed by atoms with Gasteiger partial charge in [0.2, 0.25) is 5.91 Å². The molecule has 0 aromatic heterocycles. The van der Waals surface area contributed by atoms with Crippen molar-refractivity contribution in [1.82, 2.24) is 4.90 Å². The maximum absolute atomic E-state index is 12.0. The standard InChI is InChI=1S/C12H21NOS/c1-9(7-15-6)11(2)8-12(11,3)10(14)13(4)5/h7H,8H2,1-6H3/b9-7-/t11-,12-/m0/s1. The number of carbonyl (C=O) groups is 1. The Labute approximate surface area is 97.1 Å². The molecule has 0 spiro atoms. The largest absolute Gasteiger partial charge is 0.348 e. The van der Waals surface area contributed by atoms with Crippen molar-refractivity contribution < 1.29 is 4.79 Å². The third-order valence-electron chi connectivity index (χ3n) is 3.84. The van der Waals surface area contributed by atoms with Crippen LogP contribution >= 0.6 is 11.8 Å². The van der Waals surface area contributed by atoms with Crippen LogP contribution < -0.4 is 0 Å². The summed E-state index contributed by atoms with van der Waals surface area (Å²) in [5.41, 5.74) is 1.21. The second kappa shape index (κ2) is 3.85. The Morgan fingerprint density at radius 3 is 2.27 bits per heavy atom. The number of hydrogen-bond acceptors (Lipinski definition) is 2. The van der Waals surface area contributed by atoms with Gasteiger partial charge in [-0.05, 0) is 31.9 Å². The minimum atomic E-state index is -0.188. The first-order valence-corrected chi connectivity index (χ1v) is 6.50. The Kier molecular flexibility index (Phi) is 3.24. The van der Waals surface area contributed by atoms with E-state index in [1.165, 1.54) is 5.57 Å². The highest BCUT2D eigenvalue weighted by Crippen LogP contribution is 2.68. The zero-order chi connectivity index (χ0) is 11.9. The van der Waals surface area contributed by atoms with Crippen LogP contribution in [-0.4, -0.2) is 31.2 Å². The third kappa shape index (κ3) is 1.82. The quantitative estimate of drug-likeness (QED) is 0.739. The molecule has 0 bridgehead atoms. The maximum atomic E-state index is 12.0. The average molecular weight is 227 g/mol. The van der Waals surface area contributed by atoms with Crippen molar-refractivity contribution in [2.24, 2.45) is 10.8 Å². The minimum absolute atomic E-state index is 0.0668. The van der Waals surface area contributed by atoms with Crippen LogP contribution in [0.4, 0.5) is 0 Å². The lowest BCUT2D eigenvalue weighted by Gasteiger charge is -2.22. The molecule has 0 saturated heterocycles. The molecule has 0 radical (unpaired) electrons. The number of rotatable bonds is 3. The van der Waals surface area contributed by atoms with Gasteiger partial charge in [0.25, 0.3) is 0 Å². The van der Waals surface area contributed by atoms with E-state index >= 15 is 0 Å². The predicted octanol–water partition coefficient (Wildman–Crippen LogP) is 2.76. The van der Waals surface area contributed by atoms with Crippen molar-refractivity contribution in [2.75, 3.05) is 20.4 Å². The lowest BCUT2D eigenvalue weighted by molar-refractivity contribution is -0.134. The summed E-state index contributed by atoms with van der Waals surface area (Å²) in [5, 5.41) is 2.16. The zero-order valence-electron chi connectivity index (χ0n) is 10.5. The molecule has 0 N–H and O–H groups in total. The van der Waals surface area contributed by atoms with Crippen molar-refractivity contribution in [3.63, 3.8) is 0 Å². The molecule has 1 saturated carbocycles. The van der Waals surface area contributed by atoms with E-state index in [2.05, 4.69) is 32.4 Å². The van der Waals surface area contributed by atoms with E-state index < -0.39 is 0 Å². The summed E-state index contributed by atoms with van der Waals surface area (Å²) in [7, 11) is 3.67. The smallest absolute Gasteiger partial charge is 0.228 e. The van der Waals surface area contributed by atoms with E-state index in [1.54, 1.807) is 16.7 Å². The molecule has 15 heavy (non-hydrogen) atoms. The van der Waals surface area contributed by atoms with Gasteiger partial charge in [0.05, 0.1) is 5.41 Å². The van der Waals surface area contributed by atoms with Crippen LogP contribution in [0.1, 0.15) is 27.2 Å². The van der Waals surface area contributed by atoms with E-state index in [0.717, 1.165) is 6.42 Å². The summed E-state index contributed by atoms with van der Waals surface area (Å²) in [6.07, 6.45) is 3.03. The minimum Gasteiger partial charge on any atom is -0.348 e. The normalized spacial score (nSPS) is 35.2. The summed E-state index contributed by atoms with van der Waals surface area (Å²) in [6.45, 7) is 6.40. The summed E-state index contributed by atoms with van der Waals surface area (Å²) in [6, 6.07) is 0. The van der Waals surface area contributed by atoms with Gasteiger partial charge in [-0.2, -0.15) is 0 Å². The van der Waals surface area contributed by atoms with Crippen LogP contribution in [0.25, 0.3) is 0 Å². The van der Waals surface area contributed by atoms with Gasteiger partial charge in [-0.3, -0.25) is 4.79 Å². The highest BCUT2D eigenvalue weighted by molar-refractivity contribution is 8.01. The Balaban J connectivity index is 2.88. The van der Waals surface area contributed by atoms with E-state index in [0.29, 0.717) is 0 Å². The second-order valence-electron chi connectivity index (χ2n) is 5.08. The fourth-order valence-corrected chi connectivity index (χ4v) is 2.96. The Bertz CT molecular complexity index is 311. The molecular weight excluding hydrogens is 206 g/mol. The number of allylic oxidation sites excluding steroid dienone is 1. The van der Waals surface area contributed by atoms with Gasteiger partial charge in [-0.1, -0.05) is 12.5 Å². The van der Waals surface area contributed by atoms with E-state index in [-0.39, 0.29) is 16.7 Å². The highest BCUT2D eigenvalue weighted by atomic mass is 32.2. The van der Waals surface area contributed by atoms with Crippen molar-refractivity contribution in [3.8, 4) is 0 Å². The van der Waals surface area contributed by atoms with Gasteiger partial charge >= 0.3 is 0 Å².